The molecule has 0 aliphatic heterocycles. The van der Waals surface area contributed by atoms with Crippen LogP contribution in [-0.2, 0) is 13.5 Å². The molecule has 1 amide bonds. The Balaban J connectivity index is 1.54. The van der Waals surface area contributed by atoms with Gasteiger partial charge in [-0.2, -0.15) is 10.2 Å². The molecule has 0 radical (unpaired) electrons. The molecule has 0 spiro atoms. The molecule has 136 valence electrons. The van der Waals surface area contributed by atoms with Crippen molar-refractivity contribution in [2.45, 2.75) is 33.6 Å². The molecule has 0 atom stereocenters. The molecule has 2 aromatic heterocycles. The summed E-state index contributed by atoms with van der Waals surface area (Å²) < 4.78 is 1.85. The van der Waals surface area contributed by atoms with Gasteiger partial charge in [-0.1, -0.05) is 12.1 Å². The Morgan fingerprint density at radius 1 is 1.19 bits per heavy atom. The van der Waals surface area contributed by atoms with E-state index in [0.717, 1.165) is 41.1 Å². The number of amides is 1. The maximum Gasteiger partial charge on any atom is 0.251 e. The van der Waals surface area contributed by atoms with Crippen LogP contribution < -0.4 is 5.32 Å². The van der Waals surface area contributed by atoms with Crippen molar-refractivity contribution in [1.82, 2.24) is 25.3 Å². The largest absolute Gasteiger partial charge is 0.352 e. The van der Waals surface area contributed by atoms with Crippen LogP contribution in [0.15, 0.2) is 30.5 Å². The second kappa shape index (κ2) is 7.56. The Morgan fingerprint density at radius 3 is 2.50 bits per heavy atom. The van der Waals surface area contributed by atoms with Crippen molar-refractivity contribution in [2.24, 2.45) is 7.05 Å². The molecule has 0 saturated heterocycles. The van der Waals surface area contributed by atoms with Gasteiger partial charge in [0.05, 0.1) is 11.9 Å². The van der Waals surface area contributed by atoms with Gasteiger partial charge in [0.25, 0.3) is 5.91 Å². The monoisotopic (exact) mass is 351 g/mol. The predicted octanol–water partition coefficient (Wildman–Crippen LogP) is 3.10. The van der Waals surface area contributed by atoms with E-state index in [1.54, 1.807) is 0 Å². The van der Waals surface area contributed by atoms with E-state index in [9.17, 15) is 4.79 Å². The Morgan fingerprint density at radius 2 is 1.92 bits per heavy atom. The normalized spacial score (nSPS) is 10.9. The molecule has 3 rings (SSSR count). The topological polar surface area (TPSA) is 75.6 Å². The number of nitrogens with one attached hydrogen (secondary N) is 2. The zero-order chi connectivity index (χ0) is 18.7. The lowest BCUT2D eigenvalue weighted by atomic mass is 10.0. The smallest absolute Gasteiger partial charge is 0.251 e. The molecule has 6 heteroatoms. The van der Waals surface area contributed by atoms with Crippen LogP contribution in [0.5, 0.6) is 0 Å². The molecule has 6 nitrogen and oxygen atoms in total. The first-order valence-corrected chi connectivity index (χ1v) is 8.85. The molecule has 2 N–H and O–H groups in total. The van der Waals surface area contributed by atoms with Crippen LogP contribution in [0.1, 0.15) is 39.4 Å². The number of hydrogen-bond acceptors (Lipinski definition) is 3. The van der Waals surface area contributed by atoms with Gasteiger partial charge in [0.2, 0.25) is 0 Å². The lowest BCUT2D eigenvalue weighted by molar-refractivity contribution is 0.0953. The SMILES string of the molecule is Cc1n[nH]c(C)c1CCCNC(=O)c1ccc(-c2cnn(C)c2C)cc1. The number of aryl methyl sites for hydroxylation is 3. The minimum atomic E-state index is -0.0416. The first kappa shape index (κ1) is 17.9. The highest BCUT2D eigenvalue weighted by molar-refractivity contribution is 5.94. The summed E-state index contributed by atoms with van der Waals surface area (Å²) in [7, 11) is 1.92. The summed E-state index contributed by atoms with van der Waals surface area (Å²) in [5.74, 6) is -0.0416. The summed E-state index contributed by atoms with van der Waals surface area (Å²) in [6.07, 6.45) is 3.65. The van der Waals surface area contributed by atoms with Gasteiger partial charge < -0.3 is 5.32 Å². The second-order valence-corrected chi connectivity index (χ2v) is 6.62. The number of carbonyl (C=O) groups is 1. The van der Waals surface area contributed by atoms with Gasteiger partial charge in [-0.3, -0.25) is 14.6 Å². The lowest BCUT2D eigenvalue weighted by Crippen LogP contribution is -2.24. The Hall–Kier alpha value is -2.89. The number of rotatable bonds is 6. The van der Waals surface area contributed by atoms with Gasteiger partial charge in [-0.15, -0.1) is 0 Å². The third kappa shape index (κ3) is 3.69. The summed E-state index contributed by atoms with van der Waals surface area (Å²) in [4.78, 5) is 12.3. The molecular weight excluding hydrogens is 326 g/mol. The molecule has 0 bridgehead atoms. The van der Waals surface area contributed by atoms with Crippen LogP contribution in [0.3, 0.4) is 0 Å². The molecule has 1 aromatic carbocycles. The molecule has 2 heterocycles. The molecule has 3 aromatic rings. The number of benzene rings is 1. The quantitative estimate of drug-likeness (QED) is 0.670. The highest BCUT2D eigenvalue weighted by atomic mass is 16.1. The van der Waals surface area contributed by atoms with Gasteiger partial charge in [0, 0.05) is 36.1 Å². The number of H-pyrrole nitrogens is 1. The van der Waals surface area contributed by atoms with Crippen LogP contribution in [0.25, 0.3) is 11.1 Å². The molecule has 0 aliphatic rings. The van der Waals surface area contributed by atoms with E-state index in [0.29, 0.717) is 12.1 Å². The molecule has 26 heavy (non-hydrogen) atoms. The van der Waals surface area contributed by atoms with Gasteiger partial charge >= 0.3 is 0 Å². The van der Waals surface area contributed by atoms with Crippen molar-refractivity contribution in [2.75, 3.05) is 6.54 Å². The van der Waals surface area contributed by atoms with E-state index >= 15 is 0 Å². The van der Waals surface area contributed by atoms with Gasteiger partial charge in [0.1, 0.15) is 0 Å². The van der Waals surface area contributed by atoms with Crippen LogP contribution in [-0.4, -0.2) is 32.4 Å². The Labute approximate surface area is 153 Å². The molecule has 0 saturated carbocycles. The van der Waals surface area contributed by atoms with Crippen LogP contribution in [0, 0.1) is 20.8 Å². The van der Waals surface area contributed by atoms with E-state index in [-0.39, 0.29) is 5.91 Å². The van der Waals surface area contributed by atoms with Crippen molar-refractivity contribution < 1.29 is 4.79 Å². The van der Waals surface area contributed by atoms with E-state index < -0.39 is 0 Å². The highest BCUT2D eigenvalue weighted by Gasteiger charge is 2.10. The maximum absolute atomic E-state index is 12.3. The molecule has 0 aliphatic carbocycles. The standard InChI is InChI=1S/C20H25N5O/c1-13-18(14(2)24-23-13)6-5-11-21-20(26)17-9-7-16(8-10-17)19-12-22-25(4)15(19)3/h7-10,12H,5-6,11H2,1-4H3,(H,21,26)(H,23,24). The summed E-state index contributed by atoms with van der Waals surface area (Å²) >= 11 is 0. The minimum Gasteiger partial charge on any atom is -0.352 e. The zero-order valence-corrected chi connectivity index (χ0v) is 15.8. The van der Waals surface area contributed by atoms with Crippen molar-refractivity contribution >= 4 is 5.91 Å². The van der Waals surface area contributed by atoms with E-state index in [1.165, 1.54) is 5.56 Å². The van der Waals surface area contributed by atoms with Crippen molar-refractivity contribution in [3.63, 3.8) is 0 Å². The first-order chi connectivity index (χ1) is 12.5. The Bertz CT molecular complexity index is 885. The van der Waals surface area contributed by atoms with Crippen LogP contribution >= 0.6 is 0 Å². The number of carbonyl (C=O) groups excluding carboxylic acids is 1. The van der Waals surface area contributed by atoms with Gasteiger partial charge in [0.15, 0.2) is 0 Å². The lowest BCUT2D eigenvalue weighted by Gasteiger charge is -2.07. The minimum absolute atomic E-state index is 0.0416. The first-order valence-electron chi connectivity index (χ1n) is 8.85. The third-order valence-corrected chi connectivity index (χ3v) is 4.86. The highest BCUT2D eigenvalue weighted by Crippen LogP contribution is 2.22. The number of aromatic nitrogens is 4. The van der Waals surface area contributed by atoms with E-state index in [4.69, 9.17) is 0 Å². The zero-order valence-electron chi connectivity index (χ0n) is 15.8. The van der Waals surface area contributed by atoms with E-state index in [2.05, 4.69) is 20.6 Å². The van der Waals surface area contributed by atoms with Gasteiger partial charge in [-0.05, 0) is 56.9 Å². The number of hydrogen-bond donors (Lipinski definition) is 2. The summed E-state index contributed by atoms with van der Waals surface area (Å²) in [6.45, 7) is 6.71. The van der Waals surface area contributed by atoms with E-state index in [1.807, 2.05) is 63.0 Å². The van der Waals surface area contributed by atoms with Crippen molar-refractivity contribution in [3.05, 3.63) is 58.7 Å². The number of nitrogens with zero attached hydrogens (tertiary/aromatic N) is 3. The third-order valence-electron chi connectivity index (χ3n) is 4.86. The maximum atomic E-state index is 12.3. The fourth-order valence-corrected chi connectivity index (χ4v) is 3.09. The fraction of sp³-hybridized carbons (Fsp3) is 0.350. The Kier molecular flexibility index (Phi) is 5.21. The van der Waals surface area contributed by atoms with Crippen LogP contribution in [0.4, 0.5) is 0 Å². The molecule has 0 fully saturated rings. The summed E-state index contributed by atoms with van der Waals surface area (Å²) in [5.41, 5.74) is 7.32. The fourth-order valence-electron chi connectivity index (χ4n) is 3.09. The number of aromatic amines is 1. The van der Waals surface area contributed by atoms with Crippen molar-refractivity contribution in [3.8, 4) is 11.1 Å². The molecule has 0 unspecified atom stereocenters. The average molecular weight is 351 g/mol. The van der Waals surface area contributed by atoms with Crippen molar-refractivity contribution in [1.29, 1.82) is 0 Å². The van der Waals surface area contributed by atoms with Crippen LogP contribution in [0.2, 0.25) is 0 Å². The van der Waals surface area contributed by atoms with Gasteiger partial charge in [-0.25, -0.2) is 0 Å². The summed E-state index contributed by atoms with van der Waals surface area (Å²) in [5, 5.41) is 14.4. The predicted molar refractivity (Wildman–Crippen MR) is 102 cm³/mol. The average Bonchev–Trinajstić information content (AvgIpc) is 3.14. The second-order valence-electron chi connectivity index (χ2n) is 6.62. The molecular formula is C20H25N5O. The summed E-state index contributed by atoms with van der Waals surface area (Å²) in [6, 6.07) is 7.66.